The Bertz CT molecular complexity index is 1290. The van der Waals surface area contributed by atoms with Crippen LogP contribution in [0.2, 0.25) is 0 Å². The summed E-state index contributed by atoms with van der Waals surface area (Å²) in [5, 5.41) is 0. The molecule has 4 N–H and O–H groups in total. The molecule has 0 aromatic rings. The minimum absolute atomic E-state index is 0.0176. The van der Waals surface area contributed by atoms with E-state index in [0.717, 1.165) is 0 Å². The van der Waals surface area contributed by atoms with Gasteiger partial charge in [-0.2, -0.15) is 0 Å². The van der Waals surface area contributed by atoms with Gasteiger partial charge in [0.05, 0.1) is 66.1 Å². The maximum absolute atomic E-state index is 12.5. The number of hydrogen-bond acceptors (Lipinski definition) is 15. The molecule has 0 spiro atoms. The van der Waals surface area contributed by atoms with Gasteiger partial charge in [-0.3, -0.25) is 36.2 Å². The molecule has 19 nitrogen and oxygen atoms in total. The Kier molecular flexibility index (Phi) is 32.2. The van der Waals surface area contributed by atoms with Gasteiger partial charge < -0.3 is 33.8 Å². The van der Waals surface area contributed by atoms with E-state index in [1.807, 2.05) is 0 Å². The highest BCUT2D eigenvalue weighted by atomic mass is 31.2. The first-order valence-corrected chi connectivity index (χ1v) is 24.1. The monoisotopic (exact) mass is 884 g/mol. The second-order valence-electron chi connectivity index (χ2n) is 11.7. The first kappa shape index (κ1) is 55.0. The molecular formula is C33H60O19P4. The lowest BCUT2D eigenvalue weighted by Crippen LogP contribution is -2.47. The van der Waals surface area contributed by atoms with Crippen molar-refractivity contribution in [3.8, 4) is 37.0 Å². The van der Waals surface area contributed by atoms with E-state index < -0.39 is 43.5 Å². The van der Waals surface area contributed by atoms with Crippen molar-refractivity contribution in [2.24, 2.45) is 0 Å². The van der Waals surface area contributed by atoms with Crippen LogP contribution in [0.25, 0.3) is 0 Å². The van der Waals surface area contributed by atoms with Gasteiger partial charge in [-0.25, -0.2) is 18.3 Å². The maximum atomic E-state index is 12.5. The molecule has 0 heterocycles. The van der Waals surface area contributed by atoms with E-state index in [-0.39, 0.29) is 98.5 Å². The van der Waals surface area contributed by atoms with Crippen LogP contribution in [-0.2, 0) is 68.7 Å². The van der Waals surface area contributed by atoms with Gasteiger partial charge in [0.2, 0.25) is 0 Å². The largest absolute Gasteiger partial charge is 0.472 e. The molecule has 0 radical (unpaired) electrons. The zero-order valence-electron chi connectivity index (χ0n) is 32.1. The van der Waals surface area contributed by atoms with Crippen molar-refractivity contribution < 1.29 is 88.2 Å². The summed E-state index contributed by atoms with van der Waals surface area (Å²) >= 11 is 0. The number of unbranched alkanes of at least 4 members (excludes halogenated alkanes) is 6. The molecule has 0 aliphatic rings. The molecule has 0 aromatic heterocycles. The lowest BCUT2D eigenvalue weighted by atomic mass is 10.1. The summed E-state index contributed by atoms with van der Waals surface area (Å²) in [6.07, 6.45) is 20.6. The van der Waals surface area contributed by atoms with Gasteiger partial charge in [0, 0.05) is 39.1 Å². The Morgan fingerprint density at radius 1 is 0.429 bits per heavy atom. The van der Waals surface area contributed by atoms with E-state index >= 15 is 0 Å². The SMILES string of the molecule is C#CCCCCOP(=O)(O)OCCCOCC(COCCCOP(=O)(O)OCCCCC#C)(COP(=O)(O)OCC)OCCCOP(=O)(O)OCCCCC#C. The molecule has 0 amide bonds. The first-order valence-electron chi connectivity index (χ1n) is 18.1. The molecule has 0 aliphatic heterocycles. The van der Waals surface area contributed by atoms with E-state index in [0.29, 0.717) is 57.8 Å². The van der Waals surface area contributed by atoms with Gasteiger partial charge in [0.1, 0.15) is 5.60 Å². The third kappa shape index (κ3) is 32.9. The Labute approximate surface area is 331 Å². The van der Waals surface area contributed by atoms with Crippen LogP contribution in [0.5, 0.6) is 0 Å². The molecule has 23 heteroatoms. The molecular weight excluding hydrogens is 824 g/mol. The summed E-state index contributed by atoms with van der Waals surface area (Å²) in [6, 6.07) is 0. The highest BCUT2D eigenvalue weighted by Gasteiger charge is 2.37. The topological polar surface area (TPSA) is 251 Å². The van der Waals surface area contributed by atoms with Crippen molar-refractivity contribution in [1.82, 2.24) is 0 Å². The maximum Gasteiger partial charge on any atom is 0.472 e. The zero-order chi connectivity index (χ0) is 42.1. The second kappa shape index (κ2) is 32.8. The molecule has 326 valence electrons. The minimum atomic E-state index is -4.56. The average Bonchev–Trinajstić information content (AvgIpc) is 3.13. The fourth-order valence-corrected chi connectivity index (χ4v) is 7.20. The molecule has 0 bridgehead atoms. The van der Waals surface area contributed by atoms with E-state index in [1.165, 1.54) is 6.92 Å². The van der Waals surface area contributed by atoms with Crippen molar-refractivity contribution in [3.05, 3.63) is 0 Å². The predicted molar refractivity (Wildman–Crippen MR) is 205 cm³/mol. The Hall–Kier alpha value is -1.00. The summed E-state index contributed by atoms with van der Waals surface area (Å²) in [4.78, 5) is 39.9. The summed E-state index contributed by atoms with van der Waals surface area (Å²) < 4.78 is 106. The van der Waals surface area contributed by atoms with Crippen LogP contribution in [0.4, 0.5) is 0 Å². The molecule has 0 aliphatic carbocycles. The van der Waals surface area contributed by atoms with Crippen LogP contribution in [0, 0.1) is 37.0 Å². The van der Waals surface area contributed by atoms with Crippen LogP contribution in [0.1, 0.15) is 84.0 Å². The molecule has 56 heavy (non-hydrogen) atoms. The summed E-state index contributed by atoms with van der Waals surface area (Å²) in [5.41, 5.74) is -1.60. The summed E-state index contributed by atoms with van der Waals surface area (Å²) in [5.74, 6) is 7.39. The first-order chi connectivity index (χ1) is 26.6. The van der Waals surface area contributed by atoms with Crippen molar-refractivity contribution in [2.45, 2.75) is 89.6 Å². The lowest BCUT2D eigenvalue weighted by Gasteiger charge is -2.33. The van der Waals surface area contributed by atoms with Crippen LogP contribution in [0.15, 0.2) is 0 Å². The molecule has 4 atom stereocenters. The number of terminal acetylenes is 3. The van der Waals surface area contributed by atoms with E-state index in [2.05, 4.69) is 17.8 Å². The smallest absolute Gasteiger partial charge is 0.378 e. The van der Waals surface area contributed by atoms with Crippen LogP contribution in [-0.4, -0.2) is 111 Å². The highest BCUT2D eigenvalue weighted by molar-refractivity contribution is 7.48. The highest BCUT2D eigenvalue weighted by Crippen LogP contribution is 2.46. The number of phosphoric ester groups is 4. The average molecular weight is 885 g/mol. The predicted octanol–water partition coefficient (Wildman–Crippen LogP) is 5.91. The van der Waals surface area contributed by atoms with Gasteiger partial charge in [0.15, 0.2) is 0 Å². The van der Waals surface area contributed by atoms with Crippen LogP contribution < -0.4 is 0 Å². The Balaban J connectivity index is 5.45. The molecule has 4 unspecified atom stereocenters. The molecule has 0 saturated carbocycles. The fourth-order valence-electron chi connectivity index (χ4n) is 4.01. The van der Waals surface area contributed by atoms with Crippen molar-refractivity contribution in [1.29, 1.82) is 0 Å². The quantitative estimate of drug-likeness (QED) is 0.0317. The van der Waals surface area contributed by atoms with Crippen LogP contribution in [0.3, 0.4) is 0 Å². The normalized spacial score (nSPS) is 17.0. The molecule has 0 aromatic carbocycles. The number of hydrogen-bond donors (Lipinski definition) is 4. The summed E-state index contributed by atoms with van der Waals surface area (Å²) in [7, 11) is -17.6. The molecule has 0 fully saturated rings. The lowest BCUT2D eigenvalue weighted by molar-refractivity contribution is -0.157. The number of phosphoric acid groups is 4. The van der Waals surface area contributed by atoms with E-state index in [9.17, 15) is 37.8 Å². The third-order valence-electron chi connectivity index (χ3n) is 6.75. The van der Waals surface area contributed by atoms with Crippen molar-refractivity contribution in [3.63, 3.8) is 0 Å². The zero-order valence-corrected chi connectivity index (χ0v) is 35.7. The number of ether oxygens (including phenoxy) is 3. The standard InChI is InChI=1S/C33H60O19P4/c1-5-9-12-15-24-46-54(36,37)49-27-18-21-42-30-33(32-52-53(34,35)45-8-4,44-23-20-29-51-56(40,41)48-26-17-14-11-7-3)31-43-22-19-28-50-55(38,39)47-25-16-13-10-6-2/h1-3H,8-32H2,4H3,(H,34,35)(H,36,37)(H,38,39)(H,40,41). The molecule has 0 saturated heterocycles. The second-order valence-corrected chi connectivity index (χ2v) is 17.6. The van der Waals surface area contributed by atoms with Gasteiger partial charge >= 0.3 is 31.3 Å². The van der Waals surface area contributed by atoms with Gasteiger partial charge in [-0.15, -0.1) is 37.0 Å². The molecule has 0 rings (SSSR count). The van der Waals surface area contributed by atoms with Gasteiger partial charge in [0.25, 0.3) is 0 Å². The van der Waals surface area contributed by atoms with Crippen molar-refractivity contribution in [2.75, 3.05) is 85.9 Å². The Morgan fingerprint density at radius 3 is 1.09 bits per heavy atom. The van der Waals surface area contributed by atoms with Gasteiger partial charge in [-0.1, -0.05) is 0 Å². The van der Waals surface area contributed by atoms with Crippen molar-refractivity contribution >= 4 is 31.3 Å². The fraction of sp³-hybridized carbons (Fsp3) is 0.818. The van der Waals surface area contributed by atoms with Gasteiger partial charge in [-0.05, 0) is 64.7 Å². The van der Waals surface area contributed by atoms with Crippen LogP contribution >= 0.6 is 31.3 Å². The van der Waals surface area contributed by atoms with E-state index in [1.54, 1.807) is 0 Å². The Morgan fingerprint density at radius 2 is 0.750 bits per heavy atom. The minimum Gasteiger partial charge on any atom is -0.378 e. The summed E-state index contributed by atoms with van der Waals surface area (Å²) in [6.45, 7) is -0.952. The number of rotatable bonds is 40. The third-order valence-corrected chi connectivity index (χ3v) is 10.8. The van der Waals surface area contributed by atoms with E-state index in [4.69, 9.17) is 69.7 Å².